The second kappa shape index (κ2) is 5.16. The molecular formula is C13H27N. The molecule has 0 spiro atoms. The summed E-state index contributed by atoms with van der Waals surface area (Å²) in [4.78, 5) is 0. The minimum absolute atomic E-state index is 0.631. The largest absolute Gasteiger partial charge is 0.311 e. The van der Waals surface area contributed by atoms with Crippen molar-refractivity contribution in [3.63, 3.8) is 0 Å². The predicted molar refractivity (Wildman–Crippen MR) is 63.4 cm³/mol. The maximum atomic E-state index is 3.74. The van der Waals surface area contributed by atoms with E-state index >= 15 is 0 Å². The summed E-state index contributed by atoms with van der Waals surface area (Å²) in [5.41, 5.74) is 0. The average Bonchev–Trinajstić information content (AvgIpc) is 2.01. The molecule has 1 aliphatic rings. The van der Waals surface area contributed by atoms with Gasteiger partial charge in [-0.1, -0.05) is 41.0 Å². The highest BCUT2D eigenvalue weighted by molar-refractivity contribution is 4.86. The van der Waals surface area contributed by atoms with Crippen molar-refractivity contribution in [3.05, 3.63) is 0 Å². The molecule has 1 saturated carbocycles. The molecule has 0 bridgehead atoms. The van der Waals surface area contributed by atoms with Crippen molar-refractivity contribution in [2.24, 2.45) is 17.8 Å². The fraction of sp³-hybridized carbons (Fsp3) is 1.00. The molecule has 1 fully saturated rings. The van der Waals surface area contributed by atoms with Crippen LogP contribution in [-0.2, 0) is 0 Å². The lowest BCUT2D eigenvalue weighted by Gasteiger charge is -2.39. The van der Waals surface area contributed by atoms with E-state index in [2.05, 4.69) is 39.9 Å². The van der Waals surface area contributed by atoms with E-state index in [1.54, 1.807) is 0 Å². The summed E-state index contributed by atoms with van der Waals surface area (Å²) < 4.78 is 0. The summed E-state index contributed by atoms with van der Waals surface area (Å²) in [6.45, 7) is 11.7. The fourth-order valence-corrected chi connectivity index (χ4v) is 2.82. The van der Waals surface area contributed by atoms with Gasteiger partial charge in [-0.25, -0.2) is 0 Å². The van der Waals surface area contributed by atoms with Crippen LogP contribution in [0.25, 0.3) is 0 Å². The van der Waals surface area contributed by atoms with Gasteiger partial charge in [0.05, 0.1) is 0 Å². The first-order chi connectivity index (χ1) is 6.50. The zero-order valence-electron chi connectivity index (χ0n) is 10.5. The first-order valence-electron chi connectivity index (χ1n) is 6.26. The SMILES string of the molecule is CC(C)N[C@@H]1C[C@H](C)CC[C@H]1C(C)C. The summed E-state index contributed by atoms with van der Waals surface area (Å²) in [5, 5.41) is 3.74. The quantitative estimate of drug-likeness (QED) is 0.731. The van der Waals surface area contributed by atoms with Crippen LogP contribution in [0.4, 0.5) is 0 Å². The van der Waals surface area contributed by atoms with Gasteiger partial charge in [-0.05, 0) is 30.6 Å². The van der Waals surface area contributed by atoms with Crippen molar-refractivity contribution in [2.45, 2.75) is 66.0 Å². The number of rotatable bonds is 3. The van der Waals surface area contributed by atoms with Gasteiger partial charge in [-0.15, -0.1) is 0 Å². The summed E-state index contributed by atoms with van der Waals surface area (Å²) in [6.07, 6.45) is 4.23. The van der Waals surface area contributed by atoms with Gasteiger partial charge in [-0.3, -0.25) is 0 Å². The third-order valence-electron chi connectivity index (χ3n) is 3.57. The molecule has 1 nitrogen and oxygen atoms in total. The molecule has 0 radical (unpaired) electrons. The fourth-order valence-electron chi connectivity index (χ4n) is 2.82. The minimum Gasteiger partial charge on any atom is -0.311 e. The van der Waals surface area contributed by atoms with Crippen LogP contribution in [-0.4, -0.2) is 12.1 Å². The normalized spacial score (nSPS) is 34.1. The lowest BCUT2D eigenvalue weighted by atomic mass is 9.74. The maximum Gasteiger partial charge on any atom is 0.0103 e. The smallest absolute Gasteiger partial charge is 0.0103 e. The van der Waals surface area contributed by atoms with E-state index in [-0.39, 0.29) is 0 Å². The molecule has 0 heterocycles. The third kappa shape index (κ3) is 3.27. The summed E-state index contributed by atoms with van der Waals surface area (Å²) in [7, 11) is 0. The molecule has 0 aromatic carbocycles. The molecule has 3 atom stereocenters. The second-order valence-electron chi connectivity index (χ2n) is 5.75. The number of hydrogen-bond acceptors (Lipinski definition) is 1. The topological polar surface area (TPSA) is 12.0 Å². The van der Waals surface area contributed by atoms with Gasteiger partial charge in [0, 0.05) is 12.1 Å². The van der Waals surface area contributed by atoms with E-state index < -0.39 is 0 Å². The van der Waals surface area contributed by atoms with Gasteiger partial charge < -0.3 is 5.32 Å². The maximum absolute atomic E-state index is 3.74. The first-order valence-corrected chi connectivity index (χ1v) is 6.26. The van der Waals surface area contributed by atoms with Crippen molar-refractivity contribution in [3.8, 4) is 0 Å². The average molecular weight is 197 g/mol. The molecule has 1 rings (SSSR count). The van der Waals surface area contributed by atoms with Crippen LogP contribution in [0.5, 0.6) is 0 Å². The summed E-state index contributed by atoms with van der Waals surface area (Å²) in [5.74, 6) is 2.65. The van der Waals surface area contributed by atoms with Gasteiger partial charge in [-0.2, -0.15) is 0 Å². The highest BCUT2D eigenvalue weighted by atomic mass is 14.9. The highest BCUT2D eigenvalue weighted by Crippen LogP contribution is 2.33. The van der Waals surface area contributed by atoms with Crippen LogP contribution in [0.2, 0.25) is 0 Å². The highest BCUT2D eigenvalue weighted by Gasteiger charge is 2.30. The van der Waals surface area contributed by atoms with Crippen molar-refractivity contribution in [1.82, 2.24) is 5.32 Å². The molecule has 0 aromatic rings. The van der Waals surface area contributed by atoms with Crippen LogP contribution in [0.3, 0.4) is 0 Å². The lowest BCUT2D eigenvalue weighted by molar-refractivity contribution is 0.163. The second-order valence-corrected chi connectivity index (χ2v) is 5.75. The summed E-state index contributed by atoms with van der Waals surface area (Å²) >= 11 is 0. The van der Waals surface area contributed by atoms with Crippen LogP contribution < -0.4 is 5.32 Å². The van der Waals surface area contributed by atoms with Gasteiger partial charge >= 0.3 is 0 Å². The molecule has 1 heteroatoms. The molecule has 0 amide bonds. The Morgan fingerprint density at radius 3 is 2.21 bits per heavy atom. The molecule has 84 valence electrons. The van der Waals surface area contributed by atoms with E-state index in [0.717, 1.165) is 23.8 Å². The zero-order chi connectivity index (χ0) is 10.7. The molecule has 0 aromatic heterocycles. The molecular weight excluding hydrogens is 170 g/mol. The van der Waals surface area contributed by atoms with E-state index in [0.29, 0.717) is 6.04 Å². The van der Waals surface area contributed by atoms with Crippen LogP contribution >= 0.6 is 0 Å². The Kier molecular flexibility index (Phi) is 4.43. The number of hydrogen-bond donors (Lipinski definition) is 1. The Morgan fingerprint density at radius 2 is 1.71 bits per heavy atom. The minimum atomic E-state index is 0.631. The molecule has 0 saturated heterocycles. The first kappa shape index (κ1) is 12.0. The van der Waals surface area contributed by atoms with Gasteiger partial charge in [0.25, 0.3) is 0 Å². The molecule has 1 aliphatic carbocycles. The Hall–Kier alpha value is -0.0400. The van der Waals surface area contributed by atoms with E-state index in [9.17, 15) is 0 Å². The predicted octanol–water partition coefficient (Wildman–Crippen LogP) is 3.45. The van der Waals surface area contributed by atoms with Crippen molar-refractivity contribution >= 4 is 0 Å². The van der Waals surface area contributed by atoms with Gasteiger partial charge in [0.1, 0.15) is 0 Å². The van der Waals surface area contributed by atoms with E-state index in [1.807, 2.05) is 0 Å². The molecule has 0 unspecified atom stereocenters. The third-order valence-corrected chi connectivity index (χ3v) is 3.57. The zero-order valence-corrected chi connectivity index (χ0v) is 10.5. The lowest BCUT2D eigenvalue weighted by Crippen LogP contribution is -2.45. The van der Waals surface area contributed by atoms with E-state index in [1.165, 1.54) is 19.3 Å². The summed E-state index contributed by atoms with van der Waals surface area (Å²) in [6, 6.07) is 1.39. The van der Waals surface area contributed by atoms with Crippen molar-refractivity contribution < 1.29 is 0 Å². The van der Waals surface area contributed by atoms with Crippen LogP contribution in [0, 0.1) is 17.8 Å². The monoisotopic (exact) mass is 197 g/mol. The Balaban J connectivity index is 2.54. The number of nitrogens with one attached hydrogen (secondary N) is 1. The molecule has 1 N–H and O–H groups in total. The van der Waals surface area contributed by atoms with Crippen LogP contribution in [0.15, 0.2) is 0 Å². The van der Waals surface area contributed by atoms with E-state index in [4.69, 9.17) is 0 Å². The Labute approximate surface area is 89.7 Å². The van der Waals surface area contributed by atoms with Crippen molar-refractivity contribution in [2.75, 3.05) is 0 Å². The van der Waals surface area contributed by atoms with Gasteiger partial charge in [0.2, 0.25) is 0 Å². The Bertz CT molecular complexity index is 161. The molecule has 0 aliphatic heterocycles. The van der Waals surface area contributed by atoms with Crippen molar-refractivity contribution in [1.29, 1.82) is 0 Å². The molecule has 14 heavy (non-hydrogen) atoms. The van der Waals surface area contributed by atoms with Crippen LogP contribution in [0.1, 0.15) is 53.9 Å². The standard InChI is InChI=1S/C13H27N/c1-9(2)12-7-6-11(5)8-13(12)14-10(3)4/h9-14H,6-8H2,1-5H3/t11-,12+,13-/m1/s1. The Morgan fingerprint density at radius 1 is 1.07 bits per heavy atom. The van der Waals surface area contributed by atoms with Gasteiger partial charge in [0.15, 0.2) is 0 Å².